The lowest BCUT2D eigenvalue weighted by molar-refractivity contribution is -0.146. The van der Waals surface area contributed by atoms with Crippen LogP contribution < -0.4 is 16.4 Å². The Morgan fingerprint density at radius 2 is 1.68 bits per heavy atom. The van der Waals surface area contributed by atoms with Crippen molar-refractivity contribution in [1.82, 2.24) is 20.4 Å². The van der Waals surface area contributed by atoms with Crippen molar-refractivity contribution in [3.05, 3.63) is 35.9 Å². The summed E-state index contributed by atoms with van der Waals surface area (Å²) in [5, 5.41) is 34.9. The molecule has 0 saturated carbocycles. The van der Waals surface area contributed by atoms with Gasteiger partial charge in [-0.05, 0) is 31.2 Å². The number of nitrogens with two attached hydrogens (primary N) is 1. The third kappa shape index (κ3) is 7.16. The van der Waals surface area contributed by atoms with Gasteiger partial charge < -0.3 is 41.3 Å². The van der Waals surface area contributed by atoms with Crippen LogP contribution in [0.25, 0.3) is 0 Å². The summed E-state index contributed by atoms with van der Waals surface area (Å²) in [6.07, 6.45) is -0.269. The Morgan fingerprint density at radius 3 is 2.32 bits per heavy atom. The van der Waals surface area contributed by atoms with E-state index in [1.807, 2.05) is 6.07 Å². The molecule has 1 aromatic rings. The fraction of sp³-hybridized carbons (Fsp3) is 0.583. The van der Waals surface area contributed by atoms with Crippen LogP contribution in [0.15, 0.2) is 30.3 Å². The zero-order chi connectivity index (χ0) is 26.9. The number of nitrogens with one attached hydrogen (secondary N) is 2. The Morgan fingerprint density at radius 1 is 1.00 bits per heavy atom. The number of amides is 4. The third-order valence-corrected chi connectivity index (χ3v) is 6.67. The molecular formula is C24H35N5O8. The highest BCUT2D eigenvalue weighted by Crippen LogP contribution is 2.27. The molecule has 2 aliphatic rings. The van der Waals surface area contributed by atoms with Crippen LogP contribution >= 0.6 is 0 Å². The van der Waals surface area contributed by atoms with E-state index < -0.39 is 61.5 Å². The second kappa shape index (κ2) is 13.3. The van der Waals surface area contributed by atoms with Gasteiger partial charge in [0.25, 0.3) is 0 Å². The Balaban J connectivity index is 1.61. The molecule has 13 heteroatoms. The normalized spacial score (nSPS) is 22.2. The molecule has 13 nitrogen and oxygen atoms in total. The standard InChI is InChI=1S/C24H35N5O8/c25-20(32)16(12-30)26-21(33)18-8-4-10-28(18)23(35)19-9-5-11-29(19)22(34)17(13-31)27-24(36)37-14-15-6-2-1-3-7-15/h1-3,6-7,16-19,22,30-31,34H,4-5,8-14H2,(H2,25,32)(H,26,33)(H,27,36)/t16-,17-,18-,19-,22?/m0/s1. The molecule has 0 bridgehead atoms. The van der Waals surface area contributed by atoms with Crippen molar-refractivity contribution in [1.29, 1.82) is 0 Å². The monoisotopic (exact) mass is 521 g/mol. The van der Waals surface area contributed by atoms with Gasteiger partial charge in [0.05, 0.1) is 25.3 Å². The Kier molecular flexibility index (Phi) is 10.2. The van der Waals surface area contributed by atoms with Gasteiger partial charge in [-0.2, -0.15) is 0 Å². The lowest BCUT2D eigenvalue weighted by Crippen LogP contribution is -2.59. The van der Waals surface area contributed by atoms with Crippen molar-refractivity contribution >= 4 is 23.8 Å². The van der Waals surface area contributed by atoms with Gasteiger partial charge in [-0.25, -0.2) is 4.79 Å². The summed E-state index contributed by atoms with van der Waals surface area (Å²) in [7, 11) is 0. The SMILES string of the molecule is NC(=O)[C@H](CO)NC(=O)[C@@H]1CCCN1C(=O)[C@@H]1CCCN1C(O)[C@H](CO)NC(=O)OCc1ccccc1. The molecule has 2 heterocycles. The molecule has 0 aliphatic carbocycles. The van der Waals surface area contributed by atoms with Crippen LogP contribution in [0.4, 0.5) is 4.79 Å². The number of aliphatic hydroxyl groups is 3. The third-order valence-electron chi connectivity index (χ3n) is 6.67. The molecule has 0 aromatic heterocycles. The number of alkyl carbamates (subject to hydrolysis) is 1. The predicted octanol–water partition coefficient (Wildman–Crippen LogP) is -1.99. The smallest absolute Gasteiger partial charge is 0.407 e. The average Bonchev–Trinajstić information content (AvgIpc) is 3.59. The van der Waals surface area contributed by atoms with Gasteiger partial charge in [0.1, 0.15) is 24.9 Å². The summed E-state index contributed by atoms with van der Waals surface area (Å²) in [5.74, 6) is -1.86. The molecule has 1 aromatic carbocycles. The molecule has 7 N–H and O–H groups in total. The van der Waals surface area contributed by atoms with E-state index in [1.54, 1.807) is 24.3 Å². The summed E-state index contributed by atoms with van der Waals surface area (Å²) in [6.45, 7) is -0.590. The highest BCUT2D eigenvalue weighted by Gasteiger charge is 2.44. The fourth-order valence-electron chi connectivity index (χ4n) is 4.70. The number of aliphatic hydroxyl groups excluding tert-OH is 3. The Bertz CT molecular complexity index is 948. The van der Waals surface area contributed by atoms with Crippen LogP contribution in [-0.2, 0) is 25.7 Å². The molecular weight excluding hydrogens is 486 g/mol. The van der Waals surface area contributed by atoms with E-state index in [1.165, 1.54) is 9.80 Å². The molecule has 2 fully saturated rings. The van der Waals surface area contributed by atoms with Gasteiger partial charge >= 0.3 is 6.09 Å². The van der Waals surface area contributed by atoms with Crippen LogP contribution in [0.1, 0.15) is 31.2 Å². The van der Waals surface area contributed by atoms with Gasteiger partial charge in [0.2, 0.25) is 17.7 Å². The maximum absolute atomic E-state index is 13.4. The second-order valence-electron chi connectivity index (χ2n) is 9.14. The molecule has 2 saturated heterocycles. The van der Waals surface area contributed by atoms with Gasteiger partial charge in [0, 0.05) is 13.1 Å². The molecule has 5 atom stereocenters. The van der Waals surface area contributed by atoms with Gasteiger partial charge in [-0.15, -0.1) is 0 Å². The topological polar surface area (TPSA) is 195 Å². The highest BCUT2D eigenvalue weighted by atomic mass is 16.5. The van der Waals surface area contributed by atoms with Crippen molar-refractivity contribution in [3.8, 4) is 0 Å². The predicted molar refractivity (Wildman–Crippen MR) is 129 cm³/mol. The first-order chi connectivity index (χ1) is 17.8. The van der Waals surface area contributed by atoms with E-state index in [0.717, 1.165) is 5.56 Å². The van der Waals surface area contributed by atoms with E-state index in [-0.39, 0.29) is 12.5 Å². The van der Waals surface area contributed by atoms with Crippen molar-refractivity contribution in [2.45, 2.75) is 62.7 Å². The molecule has 0 radical (unpaired) electrons. The summed E-state index contributed by atoms with van der Waals surface area (Å²) in [5.41, 5.74) is 5.95. The number of hydrogen-bond donors (Lipinski definition) is 6. The number of benzene rings is 1. The van der Waals surface area contributed by atoms with Gasteiger partial charge in [-0.1, -0.05) is 30.3 Å². The van der Waals surface area contributed by atoms with Gasteiger partial charge in [0.15, 0.2) is 0 Å². The quantitative estimate of drug-likeness (QED) is 0.191. The van der Waals surface area contributed by atoms with Crippen molar-refractivity contribution in [2.24, 2.45) is 5.73 Å². The maximum Gasteiger partial charge on any atom is 0.407 e. The summed E-state index contributed by atoms with van der Waals surface area (Å²) in [4.78, 5) is 52.7. The maximum atomic E-state index is 13.4. The molecule has 37 heavy (non-hydrogen) atoms. The average molecular weight is 522 g/mol. The van der Waals surface area contributed by atoms with E-state index in [2.05, 4.69) is 10.6 Å². The van der Waals surface area contributed by atoms with Crippen LogP contribution in [0.5, 0.6) is 0 Å². The number of rotatable bonds is 11. The number of carbonyl (C=O) groups excluding carboxylic acids is 4. The van der Waals surface area contributed by atoms with Crippen LogP contribution in [0.2, 0.25) is 0 Å². The van der Waals surface area contributed by atoms with E-state index >= 15 is 0 Å². The number of ether oxygens (including phenoxy) is 1. The zero-order valence-corrected chi connectivity index (χ0v) is 20.5. The minimum atomic E-state index is -1.38. The number of primary amides is 1. The van der Waals surface area contributed by atoms with Gasteiger partial charge in [-0.3, -0.25) is 19.3 Å². The fourth-order valence-corrected chi connectivity index (χ4v) is 4.70. The minimum absolute atomic E-state index is 0.0110. The Labute approximate surface area is 214 Å². The second-order valence-corrected chi connectivity index (χ2v) is 9.14. The first-order valence-electron chi connectivity index (χ1n) is 12.3. The zero-order valence-electron chi connectivity index (χ0n) is 20.5. The lowest BCUT2D eigenvalue weighted by atomic mass is 10.1. The van der Waals surface area contributed by atoms with Crippen molar-refractivity contribution in [3.63, 3.8) is 0 Å². The molecule has 1 unspecified atom stereocenters. The Hall–Kier alpha value is -3.26. The van der Waals surface area contributed by atoms with Crippen LogP contribution in [0, 0.1) is 0 Å². The summed E-state index contributed by atoms with van der Waals surface area (Å²) in [6, 6.07) is 5.02. The number of hydrogen-bond acceptors (Lipinski definition) is 9. The number of nitrogens with zero attached hydrogens (tertiary/aromatic N) is 2. The van der Waals surface area contributed by atoms with Crippen LogP contribution in [-0.4, -0.2) is 106 Å². The number of carbonyl (C=O) groups is 4. The molecule has 0 spiro atoms. The molecule has 204 valence electrons. The first kappa shape index (κ1) is 28.3. The van der Waals surface area contributed by atoms with E-state index in [4.69, 9.17) is 10.5 Å². The summed E-state index contributed by atoms with van der Waals surface area (Å²) < 4.78 is 5.17. The first-order valence-corrected chi connectivity index (χ1v) is 12.3. The van der Waals surface area contributed by atoms with Crippen molar-refractivity contribution in [2.75, 3.05) is 26.3 Å². The highest BCUT2D eigenvalue weighted by molar-refractivity contribution is 5.93. The van der Waals surface area contributed by atoms with Crippen LogP contribution in [0.3, 0.4) is 0 Å². The van der Waals surface area contributed by atoms with Crippen molar-refractivity contribution < 1.29 is 39.2 Å². The minimum Gasteiger partial charge on any atom is -0.445 e. The largest absolute Gasteiger partial charge is 0.445 e. The molecule has 3 rings (SSSR count). The van der Waals surface area contributed by atoms with E-state index in [9.17, 15) is 34.5 Å². The molecule has 2 aliphatic heterocycles. The van der Waals surface area contributed by atoms with E-state index in [0.29, 0.717) is 38.8 Å². The lowest BCUT2D eigenvalue weighted by Gasteiger charge is -2.36. The number of likely N-dealkylation sites (tertiary alicyclic amines) is 2. The summed E-state index contributed by atoms with van der Waals surface area (Å²) >= 11 is 0. The molecule has 4 amide bonds.